The highest BCUT2D eigenvalue weighted by molar-refractivity contribution is 7.71. The molecule has 15 heavy (non-hydrogen) atoms. The number of nitrogens with one attached hydrogen (secondary N) is 1. The highest BCUT2D eigenvalue weighted by atomic mass is 35.5. The fourth-order valence-corrected chi connectivity index (χ4v) is 2.49. The first-order valence-corrected chi connectivity index (χ1v) is 5.59. The molecule has 0 fully saturated rings. The Hall–Kier alpha value is -0.800. The third kappa shape index (κ3) is 1.70. The van der Waals surface area contributed by atoms with Crippen molar-refractivity contribution in [3.05, 3.63) is 28.0 Å². The average Bonchev–Trinajstić information content (AvgIpc) is 2.41. The molecule has 4 heteroatoms. The van der Waals surface area contributed by atoms with E-state index in [9.17, 15) is 0 Å². The number of fused-ring (bicyclic) bond motifs is 1. The normalized spacial score (nSPS) is 12.3. The van der Waals surface area contributed by atoms with Gasteiger partial charge in [0, 0.05) is 5.54 Å². The number of benzene rings is 1. The van der Waals surface area contributed by atoms with Crippen LogP contribution >= 0.6 is 23.8 Å². The van der Waals surface area contributed by atoms with Crippen LogP contribution in [0.2, 0.25) is 5.02 Å². The van der Waals surface area contributed by atoms with E-state index in [2.05, 4.69) is 30.3 Å². The first-order chi connectivity index (χ1) is 6.91. The van der Waals surface area contributed by atoms with Gasteiger partial charge in [-0.15, -0.1) is 0 Å². The second-order valence-corrected chi connectivity index (χ2v) is 5.37. The number of rotatable bonds is 0. The molecular formula is C11H13ClN2S. The summed E-state index contributed by atoms with van der Waals surface area (Å²) >= 11 is 11.5. The first kappa shape index (κ1) is 10.7. The summed E-state index contributed by atoms with van der Waals surface area (Å²) in [6, 6.07) is 5.79. The summed E-state index contributed by atoms with van der Waals surface area (Å²) in [5.74, 6) is 0. The summed E-state index contributed by atoms with van der Waals surface area (Å²) in [7, 11) is 0. The van der Waals surface area contributed by atoms with Crippen molar-refractivity contribution in [3.63, 3.8) is 0 Å². The fourth-order valence-electron chi connectivity index (χ4n) is 1.76. The number of imidazole rings is 1. The minimum absolute atomic E-state index is 0.0691. The molecule has 1 heterocycles. The van der Waals surface area contributed by atoms with Crippen LogP contribution in [0.3, 0.4) is 0 Å². The maximum absolute atomic E-state index is 6.19. The topological polar surface area (TPSA) is 20.7 Å². The van der Waals surface area contributed by atoms with E-state index >= 15 is 0 Å². The maximum atomic E-state index is 6.19. The van der Waals surface area contributed by atoms with Crippen LogP contribution in [0.1, 0.15) is 20.8 Å². The van der Waals surface area contributed by atoms with Crippen molar-refractivity contribution < 1.29 is 0 Å². The second kappa shape index (κ2) is 3.35. The van der Waals surface area contributed by atoms with Gasteiger partial charge in [0.1, 0.15) is 0 Å². The summed E-state index contributed by atoms with van der Waals surface area (Å²) in [5, 5.41) is 0.731. The third-order valence-electron chi connectivity index (χ3n) is 2.33. The summed E-state index contributed by atoms with van der Waals surface area (Å²) in [5.41, 5.74) is 1.90. The van der Waals surface area contributed by atoms with Crippen molar-refractivity contribution in [3.8, 4) is 0 Å². The van der Waals surface area contributed by atoms with E-state index in [1.807, 2.05) is 18.2 Å². The molecule has 0 spiro atoms. The van der Waals surface area contributed by atoms with E-state index in [4.69, 9.17) is 23.8 Å². The molecule has 0 atom stereocenters. The fraction of sp³-hybridized carbons (Fsp3) is 0.364. The second-order valence-electron chi connectivity index (χ2n) is 4.57. The van der Waals surface area contributed by atoms with Crippen molar-refractivity contribution >= 4 is 34.9 Å². The van der Waals surface area contributed by atoms with Crippen LogP contribution in [0.25, 0.3) is 11.0 Å². The van der Waals surface area contributed by atoms with Crippen LogP contribution < -0.4 is 0 Å². The highest BCUT2D eigenvalue weighted by Gasteiger charge is 2.18. The Labute approximate surface area is 98.9 Å². The van der Waals surface area contributed by atoms with Crippen molar-refractivity contribution in [2.75, 3.05) is 0 Å². The molecule has 0 saturated heterocycles. The van der Waals surface area contributed by atoms with Crippen molar-refractivity contribution in [1.29, 1.82) is 0 Å². The molecule has 2 rings (SSSR count). The molecule has 0 bridgehead atoms. The molecule has 0 radical (unpaired) electrons. The van der Waals surface area contributed by atoms with Gasteiger partial charge in [-0.2, -0.15) is 0 Å². The van der Waals surface area contributed by atoms with Crippen LogP contribution in [-0.2, 0) is 5.54 Å². The van der Waals surface area contributed by atoms with Gasteiger partial charge in [0.05, 0.1) is 16.1 Å². The molecule has 2 nitrogen and oxygen atoms in total. The molecule has 0 aliphatic carbocycles. The molecule has 0 unspecified atom stereocenters. The van der Waals surface area contributed by atoms with Crippen LogP contribution in [0.4, 0.5) is 0 Å². The molecule has 1 aromatic heterocycles. The zero-order valence-electron chi connectivity index (χ0n) is 8.97. The molecule has 1 aromatic carbocycles. The molecule has 0 aliphatic heterocycles. The minimum atomic E-state index is -0.0691. The number of nitrogens with zero attached hydrogens (tertiary/aromatic N) is 1. The third-order valence-corrected chi connectivity index (χ3v) is 2.92. The van der Waals surface area contributed by atoms with E-state index < -0.39 is 0 Å². The smallest absolute Gasteiger partial charge is 0.178 e. The van der Waals surface area contributed by atoms with Gasteiger partial charge in [-0.1, -0.05) is 17.7 Å². The number of H-pyrrole nitrogens is 1. The summed E-state index contributed by atoms with van der Waals surface area (Å²) < 4.78 is 2.77. The number of para-hydroxylation sites is 1. The Morgan fingerprint density at radius 2 is 2.00 bits per heavy atom. The van der Waals surface area contributed by atoms with E-state index in [1.165, 1.54) is 0 Å². The molecule has 1 N–H and O–H groups in total. The largest absolute Gasteiger partial charge is 0.331 e. The first-order valence-electron chi connectivity index (χ1n) is 4.81. The van der Waals surface area contributed by atoms with Gasteiger partial charge in [-0.25, -0.2) is 0 Å². The summed E-state index contributed by atoms with van der Waals surface area (Å²) in [6.45, 7) is 6.33. The number of hydrogen-bond donors (Lipinski definition) is 1. The van der Waals surface area contributed by atoms with Crippen LogP contribution in [0, 0.1) is 4.77 Å². The average molecular weight is 241 g/mol. The number of aromatic amines is 1. The van der Waals surface area contributed by atoms with Crippen molar-refractivity contribution in [2.45, 2.75) is 26.3 Å². The molecule has 0 aliphatic rings. The quantitative estimate of drug-likeness (QED) is 0.688. The van der Waals surface area contributed by atoms with Crippen LogP contribution in [0.15, 0.2) is 18.2 Å². The Morgan fingerprint density at radius 3 is 2.60 bits per heavy atom. The van der Waals surface area contributed by atoms with Crippen molar-refractivity contribution in [2.24, 2.45) is 0 Å². The minimum Gasteiger partial charge on any atom is -0.331 e. The lowest BCUT2D eigenvalue weighted by Crippen LogP contribution is -2.21. The van der Waals surface area contributed by atoms with Gasteiger partial charge in [0.2, 0.25) is 0 Å². The van der Waals surface area contributed by atoms with Gasteiger partial charge in [0.25, 0.3) is 0 Å². The van der Waals surface area contributed by atoms with Gasteiger partial charge in [-0.05, 0) is 45.1 Å². The Balaban J connectivity index is 2.96. The van der Waals surface area contributed by atoms with E-state index in [1.54, 1.807) is 0 Å². The summed E-state index contributed by atoms with van der Waals surface area (Å²) in [6.07, 6.45) is 0. The molecule has 2 aromatic rings. The highest BCUT2D eigenvalue weighted by Crippen LogP contribution is 2.28. The van der Waals surface area contributed by atoms with Gasteiger partial charge < -0.3 is 9.55 Å². The van der Waals surface area contributed by atoms with Gasteiger partial charge in [0.15, 0.2) is 4.77 Å². The van der Waals surface area contributed by atoms with E-state index in [-0.39, 0.29) is 5.54 Å². The van der Waals surface area contributed by atoms with Crippen LogP contribution in [-0.4, -0.2) is 9.55 Å². The Kier molecular flexibility index (Phi) is 2.40. The lowest BCUT2D eigenvalue weighted by molar-refractivity contribution is 0.404. The standard InChI is InChI=1S/C11H13ClN2S/c1-11(2,3)14-9-7(12)5-4-6-8(9)13-10(14)15/h4-6H,1-3H3,(H,13,15). The molecule has 80 valence electrons. The maximum Gasteiger partial charge on any atom is 0.178 e. The van der Waals surface area contributed by atoms with Crippen molar-refractivity contribution in [1.82, 2.24) is 9.55 Å². The lowest BCUT2D eigenvalue weighted by atomic mass is 10.1. The van der Waals surface area contributed by atoms with E-state index in [0.29, 0.717) is 4.77 Å². The zero-order valence-corrected chi connectivity index (χ0v) is 10.5. The van der Waals surface area contributed by atoms with Crippen LogP contribution in [0.5, 0.6) is 0 Å². The SMILES string of the molecule is CC(C)(C)n1c(=S)[nH]c2cccc(Cl)c21. The zero-order chi connectivity index (χ0) is 11.2. The molecule has 0 amide bonds. The van der Waals surface area contributed by atoms with Gasteiger partial charge >= 0.3 is 0 Å². The molecular weight excluding hydrogens is 228 g/mol. The number of hydrogen-bond acceptors (Lipinski definition) is 1. The number of aromatic nitrogens is 2. The Morgan fingerprint density at radius 1 is 1.33 bits per heavy atom. The molecule has 0 saturated carbocycles. The Bertz CT molecular complexity index is 560. The predicted molar refractivity (Wildman–Crippen MR) is 67.1 cm³/mol. The summed E-state index contributed by atoms with van der Waals surface area (Å²) in [4.78, 5) is 3.17. The monoisotopic (exact) mass is 240 g/mol. The lowest BCUT2D eigenvalue weighted by Gasteiger charge is -2.22. The predicted octanol–water partition coefficient (Wildman–Crippen LogP) is 4.11. The van der Waals surface area contributed by atoms with E-state index in [0.717, 1.165) is 16.1 Å². The van der Waals surface area contributed by atoms with Gasteiger partial charge in [-0.3, -0.25) is 0 Å². The number of halogens is 1.